The Morgan fingerprint density at radius 3 is 2.32 bits per heavy atom. The molecule has 184 valence electrons. The first-order valence-corrected chi connectivity index (χ1v) is 11.6. The molecule has 0 bridgehead atoms. The molecule has 4 rings (SSSR count). The van der Waals surface area contributed by atoms with E-state index in [1.54, 1.807) is 13.8 Å². The lowest BCUT2D eigenvalue weighted by atomic mass is 9.70. The van der Waals surface area contributed by atoms with Gasteiger partial charge in [0.25, 0.3) is 0 Å². The number of ether oxygens (including phenoxy) is 2. The number of allylic oxidation sites excluding steroid dienone is 2. The third-order valence-electron chi connectivity index (χ3n) is 7.64. The Morgan fingerprint density at radius 1 is 1.09 bits per heavy atom. The largest absolute Gasteiger partial charge is 0.469 e. The lowest BCUT2D eigenvalue weighted by Crippen LogP contribution is -2.41. The van der Waals surface area contributed by atoms with E-state index in [0.29, 0.717) is 17.6 Å². The molecule has 0 saturated heterocycles. The molecule has 0 spiro atoms. The van der Waals surface area contributed by atoms with Crippen LogP contribution in [0.15, 0.2) is 32.4 Å². The highest BCUT2D eigenvalue weighted by Crippen LogP contribution is 2.58. The Bertz CT molecular complexity index is 1260. The molecule has 4 atom stereocenters. The van der Waals surface area contributed by atoms with Gasteiger partial charge in [0.2, 0.25) is 0 Å². The van der Waals surface area contributed by atoms with Gasteiger partial charge in [-0.15, -0.1) is 0 Å². The van der Waals surface area contributed by atoms with Crippen molar-refractivity contribution in [2.75, 3.05) is 14.2 Å². The summed E-state index contributed by atoms with van der Waals surface area (Å²) >= 11 is 0. The van der Waals surface area contributed by atoms with Gasteiger partial charge in [0.15, 0.2) is 5.78 Å². The molecular weight excluding hydrogens is 442 g/mol. The first-order chi connectivity index (χ1) is 16.0. The van der Waals surface area contributed by atoms with Crippen LogP contribution in [-0.2, 0) is 30.9 Å². The predicted molar refractivity (Wildman–Crippen MR) is 121 cm³/mol. The molecule has 0 radical (unpaired) electrons. The van der Waals surface area contributed by atoms with Gasteiger partial charge < -0.3 is 9.47 Å². The van der Waals surface area contributed by atoms with E-state index in [-0.39, 0.29) is 17.8 Å². The van der Waals surface area contributed by atoms with Crippen molar-refractivity contribution in [3.8, 4) is 0 Å². The Balaban J connectivity index is 2.09. The first kappa shape index (κ1) is 24.0. The highest BCUT2D eigenvalue weighted by Gasteiger charge is 2.59. The lowest BCUT2D eigenvalue weighted by Gasteiger charge is -2.36. The summed E-state index contributed by atoms with van der Waals surface area (Å²) in [4.78, 5) is 66.0. The average molecular weight is 474 g/mol. The van der Waals surface area contributed by atoms with Crippen LogP contribution in [0.4, 0.5) is 0 Å². The summed E-state index contributed by atoms with van der Waals surface area (Å²) in [5, 5.41) is 0. The number of nitrogens with zero attached hydrogens (tertiary/aromatic N) is 3. The van der Waals surface area contributed by atoms with Gasteiger partial charge in [0, 0.05) is 35.9 Å². The lowest BCUT2D eigenvalue weighted by molar-refractivity contribution is -0.146. The maximum Gasteiger partial charge on any atom is 0.347 e. The Hall–Kier alpha value is -3.17. The molecule has 10 heteroatoms. The number of carbonyl (C=O) groups is 3. The Morgan fingerprint density at radius 2 is 1.74 bits per heavy atom. The monoisotopic (exact) mass is 473 g/mol. The molecule has 0 N–H and O–H groups in total. The molecule has 10 nitrogen and oxygen atoms in total. The quantitative estimate of drug-likeness (QED) is 0.594. The van der Waals surface area contributed by atoms with Crippen LogP contribution in [0.1, 0.15) is 58.5 Å². The molecule has 2 aliphatic carbocycles. The van der Waals surface area contributed by atoms with E-state index in [2.05, 4.69) is 0 Å². The number of methoxy groups -OCH3 is 2. The van der Waals surface area contributed by atoms with E-state index in [9.17, 15) is 24.0 Å². The molecule has 1 aromatic heterocycles. The molecule has 1 aliphatic heterocycles. The fourth-order valence-electron chi connectivity index (χ4n) is 6.02. The molecule has 0 aromatic carbocycles. The van der Waals surface area contributed by atoms with E-state index >= 15 is 0 Å². The third-order valence-corrected chi connectivity index (χ3v) is 7.64. The number of ketones is 1. The van der Waals surface area contributed by atoms with Gasteiger partial charge in [-0.25, -0.2) is 28.3 Å². The smallest absolute Gasteiger partial charge is 0.347 e. The molecule has 1 aromatic rings. The van der Waals surface area contributed by atoms with Gasteiger partial charge in [-0.1, -0.05) is 39.7 Å². The highest BCUT2D eigenvalue weighted by atomic mass is 16.5. The summed E-state index contributed by atoms with van der Waals surface area (Å²) in [6.45, 7) is 5.56. The van der Waals surface area contributed by atoms with Crippen molar-refractivity contribution in [1.82, 2.24) is 13.9 Å². The molecule has 34 heavy (non-hydrogen) atoms. The third kappa shape index (κ3) is 3.10. The summed E-state index contributed by atoms with van der Waals surface area (Å²) in [6.07, 6.45) is 3.62. The summed E-state index contributed by atoms with van der Waals surface area (Å²) < 4.78 is 13.8. The fraction of sp³-hybridized carbons (Fsp3) is 0.625. The van der Waals surface area contributed by atoms with Gasteiger partial charge >= 0.3 is 23.3 Å². The van der Waals surface area contributed by atoms with Crippen LogP contribution in [0, 0.1) is 17.3 Å². The standard InChI is InChI=1S/C24H31N3O7/c1-7-8-9-14-17-16-15(27-23(32)25(4)22(31)26(14)27)11-12(20(29)33-5)10-13(21(30)34-6)18(16)24(2,3)19(17)28/h10,13-15,18H,7-9,11H2,1-6H3/t13-,14+,15-,18-/m1/s1. The fourth-order valence-corrected chi connectivity index (χ4v) is 6.02. The Labute approximate surface area is 196 Å². The van der Waals surface area contributed by atoms with E-state index in [1.165, 1.54) is 36.7 Å². The SMILES string of the molecule is CCCC[C@H]1C2=C3[C@@H](CC(C(=O)OC)=C[C@@H](C(=O)OC)[C@H]3C(C)(C)C2=O)n2c(=O)n(C)c(=O)n21. The van der Waals surface area contributed by atoms with Crippen LogP contribution in [0.3, 0.4) is 0 Å². The summed E-state index contributed by atoms with van der Waals surface area (Å²) in [5.41, 5.74) is -0.713. The highest BCUT2D eigenvalue weighted by molar-refractivity contribution is 6.05. The van der Waals surface area contributed by atoms with Crippen molar-refractivity contribution in [2.45, 2.75) is 58.5 Å². The van der Waals surface area contributed by atoms with Crippen LogP contribution < -0.4 is 11.4 Å². The number of aromatic nitrogens is 3. The number of unbranched alkanes of at least 4 members (excludes halogenated alkanes) is 1. The van der Waals surface area contributed by atoms with E-state index in [4.69, 9.17) is 9.47 Å². The van der Waals surface area contributed by atoms with Gasteiger partial charge in [-0.05, 0) is 12.0 Å². The van der Waals surface area contributed by atoms with Crippen molar-refractivity contribution in [2.24, 2.45) is 24.3 Å². The molecule has 0 saturated carbocycles. The minimum absolute atomic E-state index is 0.0166. The number of hydrogen-bond donors (Lipinski definition) is 0. The van der Waals surface area contributed by atoms with E-state index in [1.807, 2.05) is 6.92 Å². The maximum absolute atomic E-state index is 13.9. The summed E-state index contributed by atoms with van der Waals surface area (Å²) in [5.74, 6) is -2.90. The van der Waals surface area contributed by atoms with Crippen LogP contribution in [0.5, 0.6) is 0 Å². The second kappa shape index (κ2) is 8.25. The zero-order chi connectivity index (χ0) is 25.1. The minimum Gasteiger partial charge on any atom is -0.469 e. The van der Waals surface area contributed by atoms with Crippen LogP contribution in [-0.4, -0.2) is 45.9 Å². The van der Waals surface area contributed by atoms with Crippen molar-refractivity contribution in [3.63, 3.8) is 0 Å². The molecular formula is C24H31N3O7. The number of rotatable bonds is 5. The second-order valence-electron chi connectivity index (χ2n) is 9.82. The van der Waals surface area contributed by atoms with Crippen molar-refractivity contribution < 1.29 is 23.9 Å². The number of esters is 2. The Kier molecular flexibility index (Phi) is 5.81. The van der Waals surface area contributed by atoms with Crippen molar-refractivity contribution in [1.29, 1.82) is 0 Å². The molecule has 0 amide bonds. The predicted octanol–water partition coefficient (Wildman–Crippen LogP) is 1.45. The molecule has 0 fully saturated rings. The van der Waals surface area contributed by atoms with E-state index in [0.717, 1.165) is 17.4 Å². The molecule has 2 heterocycles. The minimum atomic E-state index is -1.01. The summed E-state index contributed by atoms with van der Waals surface area (Å²) in [7, 11) is 3.91. The zero-order valence-electron chi connectivity index (χ0n) is 20.4. The second-order valence-corrected chi connectivity index (χ2v) is 9.82. The van der Waals surface area contributed by atoms with E-state index < -0.39 is 52.7 Å². The summed E-state index contributed by atoms with van der Waals surface area (Å²) in [6, 6.07) is -1.40. The number of Topliss-reactive ketones (excluding diaryl/α,β-unsaturated/α-hetero) is 1. The van der Waals surface area contributed by atoms with Crippen molar-refractivity contribution in [3.05, 3.63) is 43.8 Å². The van der Waals surface area contributed by atoms with Gasteiger partial charge in [-0.3, -0.25) is 9.59 Å². The number of fused-ring (bicyclic) bond motifs is 2. The first-order valence-electron chi connectivity index (χ1n) is 11.6. The number of hydrogen-bond acceptors (Lipinski definition) is 7. The zero-order valence-corrected chi connectivity index (χ0v) is 20.4. The van der Waals surface area contributed by atoms with Gasteiger partial charge in [-0.2, -0.15) is 0 Å². The van der Waals surface area contributed by atoms with Crippen LogP contribution in [0.25, 0.3) is 0 Å². The average Bonchev–Trinajstić information content (AvgIpc) is 3.07. The van der Waals surface area contributed by atoms with Crippen LogP contribution >= 0.6 is 0 Å². The van der Waals surface area contributed by atoms with Crippen molar-refractivity contribution >= 4 is 17.7 Å². The maximum atomic E-state index is 13.9. The molecule has 3 aliphatic rings. The normalized spacial score (nSPS) is 27.0. The molecule has 0 unspecified atom stereocenters. The van der Waals surface area contributed by atoms with Gasteiger partial charge in [0.1, 0.15) is 0 Å². The topological polar surface area (TPSA) is 119 Å². The van der Waals surface area contributed by atoms with Gasteiger partial charge in [0.05, 0.1) is 32.2 Å². The number of carbonyl (C=O) groups excluding carboxylic acids is 3. The van der Waals surface area contributed by atoms with Crippen LogP contribution in [0.2, 0.25) is 0 Å².